The maximum atomic E-state index is 13.7. The highest BCUT2D eigenvalue weighted by Gasteiger charge is 2.37. The van der Waals surface area contributed by atoms with Crippen molar-refractivity contribution < 1.29 is 4.79 Å². The van der Waals surface area contributed by atoms with Crippen molar-refractivity contribution >= 4 is 35.1 Å². The van der Waals surface area contributed by atoms with Gasteiger partial charge in [0.05, 0.1) is 11.4 Å². The number of para-hydroxylation sites is 1. The number of amidine groups is 1. The first-order valence-corrected chi connectivity index (χ1v) is 11.1. The molecule has 168 valence electrons. The fourth-order valence-electron chi connectivity index (χ4n) is 4.06. The molecule has 0 bridgehead atoms. The number of hydrogen-bond acceptors (Lipinski definition) is 3. The fraction of sp³-hybridized carbons (Fsp3) is 0.0741. The first kappa shape index (κ1) is 21.7. The number of aromatic nitrogens is 2. The van der Waals surface area contributed by atoms with Gasteiger partial charge in [0.1, 0.15) is 17.2 Å². The molecule has 7 heteroatoms. The van der Waals surface area contributed by atoms with Gasteiger partial charge in [-0.05, 0) is 36.8 Å². The fourth-order valence-corrected chi connectivity index (χ4v) is 4.25. The van der Waals surface area contributed by atoms with Gasteiger partial charge in [0.15, 0.2) is 0 Å². The van der Waals surface area contributed by atoms with Crippen LogP contribution in [-0.4, -0.2) is 21.1 Å². The molecule has 5 rings (SSSR count). The Kier molecular flexibility index (Phi) is 5.51. The SMILES string of the molecule is Cc1c(N2C(=O)/C(=C\c3ccccc3Cl)N=C2c2ccccc2)c(=O)n(-c2ccccc2)n1C. The van der Waals surface area contributed by atoms with Crippen LogP contribution in [0.3, 0.4) is 0 Å². The van der Waals surface area contributed by atoms with Gasteiger partial charge in [-0.1, -0.05) is 78.3 Å². The Morgan fingerprint density at radius 2 is 1.47 bits per heavy atom. The van der Waals surface area contributed by atoms with E-state index in [1.807, 2.05) is 85.8 Å². The second-order valence-electron chi connectivity index (χ2n) is 7.90. The van der Waals surface area contributed by atoms with Crippen molar-refractivity contribution in [2.45, 2.75) is 6.92 Å². The van der Waals surface area contributed by atoms with Gasteiger partial charge in [-0.25, -0.2) is 9.67 Å². The number of carbonyl (C=O) groups excluding carboxylic acids is 1. The molecule has 34 heavy (non-hydrogen) atoms. The molecule has 0 aliphatic carbocycles. The largest absolute Gasteiger partial charge is 0.296 e. The minimum atomic E-state index is -0.384. The van der Waals surface area contributed by atoms with Crippen LogP contribution in [0.1, 0.15) is 16.8 Å². The van der Waals surface area contributed by atoms with E-state index in [1.54, 1.807) is 28.6 Å². The highest BCUT2D eigenvalue weighted by Crippen LogP contribution is 2.30. The Morgan fingerprint density at radius 3 is 2.15 bits per heavy atom. The molecular weight excluding hydrogens is 448 g/mol. The number of aliphatic imine (C=N–C) groups is 1. The van der Waals surface area contributed by atoms with Crippen molar-refractivity contribution in [3.63, 3.8) is 0 Å². The van der Waals surface area contributed by atoms with Gasteiger partial charge in [-0.15, -0.1) is 0 Å². The number of benzene rings is 3. The van der Waals surface area contributed by atoms with Crippen molar-refractivity contribution in [1.82, 2.24) is 9.36 Å². The molecule has 0 saturated heterocycles. The van der Waals surface area contributed by atoms with Gasteiger partial charge in [0.2, 0.25) is 0 Å². The lowest BCUT2D eigenvalue weighted by molar-refractivity contribution is -0.113. The van der Waals surface area contributed by atoms with Crippen LogP contribution in [0, 0.1) is 6.92 Å². The molecule has 1 amide bonds. The van der Waals surface area contributed by atoms with Crippen molar-refractivity contribution in [1.29, 1.82) is 0 Å². The van der Waals surface area contributed by atoms with Crippen LogP contribution in [0.25, 0.3) is 11.8 Å². The van der Waals surface area contributed by atoms with Crippen molar-refractivity contribution in [2.75, 3.05) is 4.90 Å². The predicted molar refractivity (Wildman–Crippen MR) is 136 cm³/mol. The van der Waals surface area contributed by atoms with E-state index in [2.05, 4.69) is 4.99 Å². The third-order valence-corrected chi connectivity index (χ3v) is 6.18. The Hall–Kier alpha value is -4.16. The van der Waals surface area contributed by atoms with Crippen LogP contribution in [0.4, 0.5) is 5.69 Å². The molecule has 0 N–H and O–H groups in total. The van der Waals surface area contributed by atoms with Gasteiger partial charge in [0, 0.05) is 17.6 Å². The Labute approximate surface area is 201 Å². The van der Waals surface area contributed by atoms with Crippen LogP contribution in [0.15, 0.2) is 100 Å². The van der Waals surface area contributed by atoms with Crippen molar-refractivity contribution in [3.05, 3.63) is 123 Å². The van der Waals surface area contributed by atoms with Gasteiger partial charge in [-0.2, -0.15) is 0 Å². The number of carbonyl (C=O) groups is 1. The average molecular weight is 469 g/mol. The molecule has 3 aromatic carbocycles. The van der Waals surface area contributed by atoms with Crippen molar-refractivity contribution in [3.8, 4) is 5.69 Å². The number of halogens is 1. The average Bonchev–Trinajstić information content (AvgIpc) is 3.28. The molecule has 0 saturated carbocycles. The van der Waals surface area contributed by atoms with E-state index in [4.69, 9.17) is 11.6 Å². The standard InChI is InChI=1S/C27H21ClN4O2/c1-18-24(27(34)32(30(18)2)21-14-7-4-8-15-21)31-25(19-11-5-3-6-12-19)29-23(26(31)33)17-20-13-9-10-16-22(20)28/h3-17H,1-2H3/b23-17+. The number of anilines is 1. The molecule has 0 spiro atoms. The molecule has 6 nitrogen and oxygen atoms in total. The van der Waals surface area contributed by atoms with Crippen molar-refractivity contribution in [2.24, 2.45) is 12.0 Å². The summed E-state index contributed by atoms with van der Waals surface area (Å²) < 4.78 is 3.30. The second-order valence-corrected chi connectivity index (χ2v) is 8.31. The van der Waals surface area contributed by atoms with Crippen LogP contribution >= 0.6 is 11.6 Å². The number of hydrogen-bond donors (Lipinski definition) is 0. The second kappa shape index (κ2) is 8.65. The molecule has 0 unspecified atom stereocenters. The zero-order valence-electron chi connectivity index (χ0n) is 18.6. The lowest BCUT2D eigenvalue weighted by Gasteiger charge is -2.17. The van der Waals surface area contributed by atoms with Crippen LogP contribution in [0.5, 0.6) is 0 Å². The number of amides is 1. The molecule has 0 radical (unpaired) electrons. The molecule has 4 aromatic rings. The zero-order valence-corrected chi connectivity index (χ0v) is 19.4. The molecule has 1 aliphatic rings. The minimum Gasteiger partial charge on any atom is -0.283 e. The quantitative estimate of drug-likeness (QED) is 0.397. The molecule has 1 aromatic heterocycles. The van der Waals surface area contributed by atoms with E-state index in [1.165, 1.54) is 4.90 Å². The third-order valence-electron chi connectivity index (χ3n) is 5.84. The Morgan fingerprint density at radius 1 is 0.853 bits per heavy atom. The van der Waals surface area contributed by atoms with E-state index in [-0.39, 0.29) is 22.9 Å². The normalized spacial score (nSPS) is 14.7. The van der Waals surface area contributed by atoms with E-state index < -0.39 is 0 Å². The summed E-state index contributed by atoms with van der Waals surface area (Å²) in [5.41, 5.74) is 2.93. The number of nitrogens with zero attached hydrogens (tertiary/aromatic N) is 4. The minimum absolute atomic E-state index is 0.209. The highest BCUT2D eigenvalue weighted by atomic mass is 35.5. The van der Waals surface area contributed by atoms with E-state index in [0.29, 0.717) is 27.8 Å². The Balaban J connectivity index is 1.71. The lowest BCUT2D eigenvalue weighted by Crippen LogP contribution is -2.36. The molecule has 1 aliphatic heterocycles. The highest BCUT2D eigenvalue weighted by molar-refractivity contribution is 6.34. The summed E-state index contributed by atoms with van der Waals surface area (Å²) in [6.45, 7) is 1.82. The van der Waals surface area contributed by atoms with Crippen LogP contribution in [0.2, 0.25) is 5.02 Å². The molecule has 0 fully saturated rings. The third kappa shape index (κ3) is 3.58. The summed E-state index contributed by atoms with van der Waals surface area (Å²) in [5.74, 6) is 0.0136. The summed E-state index contributed by atoms with van der Waals surface area (Å²) in [6, 6.07) is 25.9. The van der Waals surface area contributed by atoms with Crippen LogP contribution in [-0.2, 0) is 11.8 Å². The van der Waals surface area contributed by atoms with E-state index in [0.717, 1.165) is 5.56 Å². The number of rotatable bonds is 4. The maximum absolute atomic E-state index is 13.7. The molecular formula is C27H21ClN4O2. The summed E-state index contributed by atoms with van der Waals surface area (Å²) in [7, 11) is 1.80. The van der Waals surface area contributed by atoms with E-state index in [9.17, 15) is 9.59 Å². The topological polar surface area (TPSA) is 59.6 Å². The lowest BCUT2D eigenvalue weighted by atomic mass is 10.1. The first-order valence-electron chi connectivity index (χ1n) is 10.8. The van der Waals surface area contributed by atoms with Gasteiger partial charge in [-0.3, -0.25) is 19.2 Å². The predicted octanol–water partition coefficient (Wildman–Crippen LogP) is 4.97. The zero-order chi connectivity index (χ0) is 23.8. The summed E-state index contributed by atoms with van der Waals surface area (Å²) >= 11 is 6.32. The Bertz CT molecular complexity index is 1520. The molecule has 2 heterocycles. The maximum Gasteiger partial charge on any atom is 0.296 e. The first-order chi connectivity index (χ1) is 16.5. The molecule has 0 atom stereocenters. The van der Waals surface area contributed by atoms with Gasteiger partial charge >= 0.3 is 0 Å². The summed E-state index contributed by atoms with van der Waals surface area (Å²) in [4.78, 5) is 33.5. The summed E-state index contributed by atoms with van der Waals surface area (Å²) in [6.07, 6.45) is 1.65. The monoisotopic (exact) mass is 468 g/mol. The van der Waals surface area contributed by atoms with Gasteiger partial charge in [0.25, 0.3) is 11.5 Å². The summed E-state index contributed by atoms with van der Waals surface area (Å²) in [5, 5.41) is 0.514. The van der Waals surface area contributed by atoms with Gasteiger partial charge < -0.3 is 0 Å². The van der Waals surface area contributed by atoms with E-state index >= 15 is 0 Å². The smallest absolute Gasteiger partial charge is 0.283 e. The van der Waals surface area contributed by atoms with Crippen LogP contribution < -0.4 is 10.5 Å².